The second-order valence-electron chi connectivity index (χ2n) is 7.28. The van der Waals surface area contributed by atoms with E-state index in [0.29, 0.717) is 29.1 Å². The van der Waals surface area contributed by atoms with Gasteiger partial charge in [0.1, 0.15) is 5.00 Å². The lowest BCUT2D eigenvalue weighted by molar-refractivity contribution is -0.118. The zero-order valence-corrected chi connectivity index (χ0v) is 15.4. The van der Waals surface area contributed by atoms with E-state index >= 15 is 0 Å². The second-order valence-corrected chi connectivity index (χ2v) is 8.39. The summed E-state index contributed by atoms with van der Waals surface area (Å²) in [5, 5.41) is 3.62. The summed E-state index contributed by atoms with van der Waals surface area (Å²) in [7, 11) is 0. The molecule has 3 rings (SSSR count). The Morgan fingerprint density at radius 1 is 1.29 bits per heavy atom. The number of amides is 2. The largest absolute Gasteiger partial charge is 0.365 e. The fraction of sp³-hybridized carbons (Fsp3) is 0.667. The van der Waals surface area contributed by atoms with Crippen molar-refractivity contribution in [2.75, 3.05) is 18.4 Å². The van der Waals surface area contributed by atoms with Gasteiger partial charge < -0.3 is 11.1 Å². The van der Waals surface area contributed by atoms with E-state index < -0.39 is 5.91 Å². The van der Waals surface area contributed by atoms with Crippen LogP contribution in [0.5, 0.6) is 0 Å². The van der Waals surface area contributed by atoms with Crippen LogP contribution in [0.4, 0.5) is 5.00 Å². The fourth-order valence-corrected chi connectivity index (χ4v) is 5.27. The summed E-state index contributed by atoms with van der Waals surface area (Å²) in [6, 6.07) is 0.442. The van der Waals surface area contributed by atoms with Gasteiger partial charge >= 0.3 is 0 Å². The van der Waals surface area contributed by atoms with Gasteiger partial charge in [-0.05, 0) is 57.1 Å². The van der Waals surface area contributed by atoms with E-state index in [0.717, 1.165) is 44.2 Å². The quantitative estimate of drug-likeness (QED) is 0.877. The van der Waals surface area contributed by atoms with E-state index in [1.54, 1.807) is 0 Å². The first-order valence-corrected chi connectivity index (χ1v) is 9.75. The third-order valence-electron chi connectivity index (χ3n) is 5.30. The van der Waals surface area contributed by atoms with Gasteiger partial charge in [0, 0.05) is 10.9 Å². The first kappa shape index (κ1) is 17.4. The van der Waals surface area contributed by atoms with Crippen molar-refractivity contribution < 1.29 is 9.59 Å². The van der Waals surface area contributed by atoms with Gasteiger partial charge in [0.15, 0.2) is 0 Å². The number of fused-ring (bicyclic) bond motifs is 1. The van der Waals surface area contributed by atoms with E-state index in [2.05, 4.69) is 24.1 Å². The van der Waals surface area contributed by atoms with Crippen LogP contribution in [0, 0.1) is 5.92 Å². The predicted molar refractivity (Wildman–Crippen MR) is 97.5 cm³/mol. The van der Waals surface area contributed by atoms with Gasteiger partial charge in [-0.15, -0.1) is 11.3 Å². The van der Waals surface area contributed by atoms with Crippen molar-refractivity contribution in [3.63, 3.8) is 0 Å². The summed E-state index contributed by atoms with van der Waals surface area (Å²) >= 11 is 1.53. The molecule has 2 amide bonds. The minimum absolute atomic E-state index is 0.0436. The van der Waals surface area contributed by atoms with Crippen LogP contribution >= 0.6 is 11.3 Å². The number of hydrogen-bond donors (Lipinski definition) is 2. The van der Waals surface area contributed by atoms with Gasteiger partial charge in [-0.25, -0.2) is 0 Å². The molecule has 2 aliphatic rings. The highest BCUT2D eigenvalue weighted by Crippen LogP contribution is 2.39. The average molecular weight is 350 g/mol. The molecule has 2 heterocycles. The molecule has 1 fully saturated rings. The topological polar surface area (TPSA) is 75.4 Å². The van der Waals surface area contributed by atoms with E-state index in [-0.39, 0.29) is 5.91 Å². The average Bonchev–Trinajstić information content (AvgIpc) is 2.86. The maximum atomic E-state index is 12.5. The number of rotatable bonds is 4. The van der Waals surface area contributed by atoms with Crippen LogP contribution in [0.1, 0.15) is 60.3 Å². The highest BCUT2D eigenvalue weighted by molar-refractivity contribution is 7.17. The molecule has 0 aromatic carbocycles. The maximum absolute atomic E-state index is 12.5. The number of likely N-dealkylation sites (tertiary alicyclic amines) is 1. The smallest absolute Gasteiger partial charge is 0.251 e. The molecule has 0 saturated carbocycles. The number of nitrogens with one attached hydrogen (secondary N) is 1. The van der Waals surface area contributed by atoms with E-state index in [9.17, 15) is 9.59 Å². The SMILES string of the molecule is C[C@@H]1CCc2c(sc(NC(=O)CN3CCCC[C@H]3C)c2C(N)=O)C1. The standard InChI is InChI=1S/C18H27N3O2S/c1-11-6-7-13-14(9-11)24-18(16(13)17(19)23)20-15(22)10-21-8-4-3-5-12(21)2/h11-12H,3-10H2,1-2H3,(H2,19,23)(H,20,22)/t11-,12-/m1/s1. The van der Waals surface area contributed by atoms with Gasteiger partial charge in [0.25, 0.3) is 5.91 Å². The van der Waals surface area contributed by atoms with Gasteiger partial charge in [-0.2, -0.15) is 0 Å². The summed E-state index contributed by atoms with van der Waals surface area (Å²) in [6.07, 6.45) is 6.45. The number of thiophene rings is 1. The Bertz CT molecular complexity index is 640. The Labute approximate surface area is 147 Å². The molecule has 0 bridgehead atoms. The molecule has 1 saturated heterocycles. The summed E-state index contributed by atoms with van der Waals surface area (Å²) in [5.41, 5.74) is 7.21. The molecule has 1 aromatic heterocycles. The van der Waals surface area contributed by atoms with Crippen molar-refractivity contribution in [1.82, 2.24) is 4.90 Å². The van der Waals surface area contributed by atoms with Crippen LogP contribution in [-0.4, -0.2) is 35.8 Å². The zero-order chi connectivity index (χ0) is 17.3. The summed E-state index contributed by atoms with van der Waals surface area (Å²) in [4.78, 5) is 27.8. The van der Waals surface area contributed by atoms with E-state index in [1.165, 1.54) is 22.6 Å². The third kappa shape index (κ3) is 3.64. The Kier molecular flexibility index (Phi) is 5.25. The molecule has 132 valence electrons. The number of carbonyl (C=O) groups excluding carboxylic acids is 2. The zero-order valence-electron chi connectivity index (χ0n) is 14.6. The number of carbonyl (C=O) groups is 2. The molecule has 3 N–H and O–H groups in total. The maximum Gasteiger partial charge on any atom is 0.251 e. The Hall–Kier alpha value is -1.40. The summed E-state index contributed by atoms with van der Waals surface area (Å²) in [6.45, 7) is 5.75. The normalized spacial score (nSPS) is 24.4. The Morgan fingerprint density at radius 3 is 2.79 bits per heavy atom. The van der Waals surface area contributed by atoms with Crippen LogP contribution in [0.2, 0.25) is 0 Å². The predicted octanol–water partition coefficient (Wildman–Crippen LogP) is 2.78. The molecule has 1 aliphatic carbocycles. The minimum Gasteiger partial charge on any atom is -0.365 e. The number of anilines is 1. The van der Waals surface area contributed by atoms with Crippen LogP contribution in [0.3, 0.4) is 0 Å². The molecule has 6 heteroatoms. The van der Waals surface area contributed by atoms with Gasteiger partial charge in [0.05, 0.1) is 12.1 Å². The Morgan fingerprint density at radius 2 is 2.08 bits per heavy atom. The Balaban J connectivity index is 1.74. The molecular weight excluding hydrogens is 322 g/mol. The van der Waals surface area contributed by atoms with E-state index in [1.807, 2.05) is 0 Å². The molecular formula is C18H27N3O2S. The third-order valence-corrected chi connectivity index (χ3v) is 6.47. The van der Waals surface area contributed by atoms with Crippen molar-refractivity contribution in [2.45, 2.75) is 58.4 Å². The molecule has 5 nitrogen and oxygen atoms in total. The number of primary amides is 1. The monoisotopic (exact) mass is 349 g/mol. The van der Waals surface area contributed by atoms with Crippen LogP contribution in [-0.2, 0) is 17.6 Å². The molecule has 0 radical (unpaired) electrons. The van der Waals surface area contributed by atoms with Crippen molar-refractivity contribution in [3.05, 3.63) is 16.0 Å². The number of nitrogens with zero attached hydrogens (tertiary/aromatic N) is 1. The van der Waals surface area contributed by atoms with Crippen LogP contribution in [0.15, 0.2) is 0 Å². The van der Waals surface area contributed by atoms with Crippen molar-refractivity contribution >= 4 is 28.2 Å². The van der Waals surface area contributed by atoms with Gasteiger partial charge in [-0.1, -0.05) is 13.3 Å². The summed E-state index contributed by atoms with van der Waals surface area (Å²) < 4.78 is 0. The highest BCUT2D eigenvalue weighted by Gasteiger charge is 2.28. The van der Waals surface area contributed by atoms with Crippen LogP contribution in [0.25, 0.3) is 0 Å². The summed E-state index contributed by atoms with van der Waals surface area (Å²) in [5.74, 6) is 0.149. The molecule has 24 heavy (non-hydrogen) atoms. The number of nitrogens with two attached hydrogens (primary N) is 1. The minimum atomic E-state index is -0.427. The fourth-order valence-electron chi connectivity index (χ4n) is 3.84. The molecule has 0 unspecified atom stereocenters. The highest BCUT2D eigenvalue weighted by atomic mass is 32.1. The molecule has 0 spiro atoms. The van der Waals surface area contributed by atoms with Crippen molar-refractivity contribution in [1.29, 1.82) is 0 Å². The first-order valence-electron chi connectivity index (χ1n) is 8.94. The van der Waals surface area contributed by atoms with Crippen molar-refractivity contribution in [3.8, 4) is 0 Å². The van der Waals surface area contributed by atoms with Gasteiger partial charge in [0.2, 0.25) is 5.91 Å². The lowest BCUT2D eigenvalue weighted by Gasteiger charge is -2.32. The number of hydrogen-bond acceptors (Lipinski definition) is 4. The lowest BCUT2D eigenvalue weighted by Crippen LogP contribution is -2.42. The molecule has 2 atom stereocenters. The van der Waals surface area contributed by atoms with Crippen molar-refractivity contribution in [2.24, 2.45) is 11.7 Å². The number of piperidine rings is 1. The van der Waals surface area contributed by atoms with Gasteiger partial charge in [-0.3, -0.25) is 14.5 Å². The molecule has 1 aromatic rings. The molecule has 1 aliphatic heterocycles. The first-order chi connectivity index (χ1) is 11.5. The van der Waals surface area contributed by atoms with Crippen LogP contribution < -0.4 is 11.1 Å². The lowest BCUT2D eigenvalue weighted by atomic mass is 9.88. The second kappa shape index (κ2) is 7.23. The van der Waals surface area contributed by atoms with E-state index in [4.69, 9.17) is 5.73 Å².